The van der Waals surface area contributed by atoms with Gasteiger partial charge in [-0.15, -0.1) is 0 Å². The van der Waals surface area contributed by atoms with Crippen LogP contribution in [0.1, 0.15) is 24.4 Å². The van der Waals surface area contributed by atoms with Gasteiger partial charge in [-0.1, -0.05) is 0 Å². The maximum Gasteiger partial charge on any atom is 0.416 e. The Morgan fingerprint density at radius 3 is 2.40 bits per heavy atom. The minimum atomic E-state index is -4.47. The molecule has 5 nitrogen and oxygen atoms in total. The Bertz CT molecular complexity index is 610. The quantitative estimate of drug-likeness (QED) is 0.687. The molecule has 0 aliphatic heterocycles. The van der Waals surface area contributed by atoms with E-state index in [-0.39, 0.29) is 16.9 Å². The van der Waals surface area contributed by atoms with Gasteiger partial charge in [-0.3, -0.25) is 0 Å². The number of aliphatic hydroxyl groups excluding tert-OH is 3. The predicted octanol–water partition coefficient (Wildman–Crippen LogP) is 1.36. The number of hydrogen-bond donors (Lipinski definition) is 4. The van der Waals surface area contributed by atoms with Gasteiger partial charge >= 0.3 is 6.18 Å². The highest BCUT2D eigenvalue weighted by molar-refractivity contribution is 5.76. The van der Waals surface area contributed by atoms with E-state index >= 15 is 0 Å². The summed E-state index contributed by atoms with van der Waals surface area (Å²) in [6, 6.07) is 2.91. The Morgan fingerprint density at radius 1 is 1.20 bits per heavy atom. The van der Waals surface area contributed by atoms with Crippen LogP contribution in [0.4, 0.5) is 13.2 Å². The maximum atomic E-state index is 12.6. The number of H-pyrrole nitrogens is 1. The highest BCUT2D eigenvalue weighted by atomic mass is 19.4. The zero-order valence-electron chi connectivity index (χ0n) is 10.4. The Balaban J connectivity index is 2.39. The fourth-order valence-electron chi connectivity index (χ4n) is 1.77. The molecule has 8 heteroatoms. The third kappa shape index (κ3) is 2.77. The van der Waals surface area contributed by atoms with Crippen LogP contribution in [-0.4, -0.2) is 37.5 Å². The van der Waals surface area contributed by atoms with E-state index in [9.17, 15) is 28.5 Å². The van der Waals surface area contributed by atoms with E-state index < -0.39 is 30.1 Å². The van der Waals surface area contributed by atoms with Gasteiger partial charge in [-0.2, -0.15) is 13.2 Å². The Labute approximate surface area is 111 Å². The van der Waals surface area contributed by atoms with Crippen molar-refractivity contribution in [2.45, 2.75) is 31.4 Å². The molecule has 0 amide bonds. The molecule has 1 aromatic carbocycles. The SMILES string of the molecule is CC(O)C(O)[C@@H](O)c1nc2ccc(C(F)(F)F)cc2[nH]1. The van der Waals surface area contributed by atoms with E-state index in [1.807, 2.05) is 0 Å². The molecule has 2 unspecified atom stereocenters. The number of fused-ring (bicyclic) bond motifs is 1. The minimum Gasteiger partial charge on any atom is -0.391 e. The summed E-state index contributed by atoms with van der Waals surface area (Å²) >= 11 is 0. The van der Waals surface area contributed by atoms with Crippen LogP contribution in [0.5, 0.6) is 0 Å². The highest BCUT2D eigenvalue weighted by Gasteiger charge is 2.31. The third-order valence-electron chi connectivity index (χ3n) is 2.93. The lowest BCUT2D eigenvalue weighted by Gasteiger charge is -2.17. The number of hydrogen-bond acceptors (Lipinski definition) is 4. The molecule has 0 fully saturated rings. The Kier molecular flexibility index (Phi) is 3.72. The predicted molar refractivity (Wildman–Crippen MR) is 63.7 cm³/mol. The van der Waals surface area contributed by atoms with Gasteiger partial charge in [0.05, 0.1) is 22.7 Å². The van der Waals surface area contributed by atoms with Crippen LogP contribution in [0.2, 0.25) is 0 Å². The molecular weight excluding hydrogens is 277 g/mol. The van der Waals surface area contributed by atoms with Gasteiger partial charge in [-0.25, -0.2) is 4.98 Å². The summed E-state index contributed by atoms with van der Waals surface area (Å²) in [5, 5.41) is 28.5. The molecule has 0 aliphatic carbocycles. The summed E-state index contributed by atoms with van der Waals surface area (Å²) in [6.07, 6.45) is -8.68. The average molecular weight is 290 g/mol. The number of benzene rings is 1. The van der Waals surface area contributed by atoms with Crippen LogP contribution in [0.15, 0.2) is 18.2 Å². The number of rotatable bonds is 3. The second kappa shape index (κ2) is 5.04. The number of nitrogens with one attached hydrogen (secondary N) is 1. The molecule has 1 heterocycles. The molecule has 4 N–H and O–H groups in total. The number of alkyl halides is 3. The Hall–Kier alpha value is -1.64. The molecule has 2 rings (SSSR count). The lowest BCUT2D eigenvalue weighted by atomic mass is 10.1. The van der Waals surface area contributed by atoms with Gasteiger partial charge < -0.3 is 20.3 Å². The van der Waals surface area contributed by atoms with Crippen LogP contribution >= 0.6 is 0 Å². The van der Waals surface area contributed by atoms with Gasteiger partial charge in [0, 0.05) is 0 Å². The average Bonchev–Trinajstić information content (AvgIpc) is 2.78. The fourth-order valence-corrected chi connectivity index (χ4v) is 1.77. The molecule has 0 saturated heterocycles. The summed E-state index contributed by atoms with van der Waals surface area (Å²) in [5.41, 5.74) is -0.526. The number of imidazole rings is 1. The van der Waals surface area contributed by atoms with E-state index in [0.29, 0.717) is 0 Å². The summed E-state index contributed by atoms with van der Waals surface area (Å²) in [6.45, 7) is 1.28. The summed E-state index contributed by atoms with van der Waals surface area (Å²) in [7, 11) is 0. The fraction of sp³-hybridized carbons (Fsp3) is 0.417. The van der Waals surface area contributed by atoms with Crippen molar-refractivity contribution in [3.05, 3.63) is 29.6 Å². The third-order valence-corrected chi connectivity index (χ3v) is 2.93. The molecular formula is C12H13F3N2O3. The summed E-state index contributed by atoms with van der Waals surface area (Å²) < 4.78 is 37.7. The van der Waals surface area contributed by atoms with Crippen molar-refractivity contribution in [3.63, 3.8) is 0 Å². The van der Waals surface area contributed by atoms with Crippen molar-refractivity contribution in [2.75, 3.05) is 0 Å². The largest absolute Gasteiger partial charge is 0.416 e. The number of aromatic amines is 1. The van der Waals surface area contributed by atoms with Crippen LogP contribution in [0, 0.1) is 0 Å². The van der Waals surface area contributed by atoms with Crippen molar-refractivity contribution in [3.8, 4) is 0 Å². The molecule has 110 valence electrons. The van der Waals surface area contributed by atoms with Gasteiger partial charge in [0.2, 0.25) is 0 Å². The van der Waals surface area contributed by atoms with Crippen molar-refractivity contribution >= 4 is 11.0 Å². The van der Waals surface area contributed by atoms with Crippen LogP contribution in [0.25, 0.3) is 11.0 Å². The van der Waals surface area contributed by atoms with Crippen molar-refractivity contribution < 1.29 is 28.5 Å². The first-order valence-electron chi connectivity index (χ1n) is 5.81. The summed E-state index contributed by atoms with van der Waals surface area (Å²) in [4.78, 5) is 6.41. The van der Waals surface area contributed by atoms with Crippen LogP contribution < -0.4 is 0 Å². The van der Waals surface area contributed by atoms with Crippen LogP contribution in [-0.2, 0) is 6.18 Å². The van der Waals surface area contributed by atoms with Crippen molar-refractivity contribution in [2.24, 2.45) is 0 Å². The molecule has 1 aromatic heterocycles. The zero-order chi connectivity index (χ0) is 15.1. The normalized spacial score (nSPS) is 17.1. The smallest absolute Gasteiger partial charge is 0.391 e. The van der Waals surface area contributed by atoms with Gasteiger partial charge in [0.25, 0.3) is 0 Å². The minimum absolute atomic E-state index is 0.0895. The molecule has 0 bridgehead atoms. The standard InChI is InChI=1S/C12H13F3N2O3/c1-5(18)9(19)10(20)11-16-7-3-2-6(12(13,14)15)4-8(7)17-11/h2-5,9-10,18-20H,1H3,(H,16,17)/t5?,9?,10-/m1/s1. The first kappa shape index (κ1) is 14.8. The summed E-state index contributed by atoms with van der Waals surface area (Å²) in [5.74, 6) is -0.104. The Morgan fingerprint density at radius 2 is 1.85 bits per heavy atom. The lowest BCUT2D eigenvalue weighted by Crippen LogP contribution is -2.30. The molecule has 0 aliphatic rings. The number of halogens is 3. The first-order chi connectivity index (χ1) is 9.20. The molecule has 0 radical (unpaired) electrons. The second-order valence-corrected chi connectivity index (χ2v) is 4.53. The number of aromatic nitrogens is 2. The first-order valence-corrected chi connectivity index (χ1v) is 5.81. The number of aliphatic hydroxyl groups is 3. The topological polar surface area (TPSA) is 89.4 Å². The molecule has 0 saturated carbocycles. The number of nitrogens with zero attached hydrogens (tertiary/aromatic N) is 1. The maximum absolute atomic E-state index is 12.6. The van der Waals surface area contributed by atoms with Gasteiger partial charge in [0.1, 0.15) is 18.0 Å². The van der Waals surface area contributed by atoms with E-state index in [2.05, 4.69) is 9.97 Å². The monoisotopic (exact) mass is 290 g/mol. The van der Waals surface area contributed by atoms with E-state index in [1.165, 1.54) is 13.0 Å². The van der Waals surface area contributed by atoms with Crippen molar-refractivity contribution in [1.29, 1.82) is 0 Å². The van der Waals surface area contributed by atoms with Gasteiger partial charge in [-0.05, 0) is 25.1 Å². The zero-order valence-corrected chi connectivity index (χ0v) is 10.4. The second-order valence-electron chi connectivity index (χ2n) is 4.53. The molecule has 0 spiro atoms. The molecule has 20 heavy (non-hydrogen) atoms. The molecule has 2 aromatic rings. The van der Waals surface area contributed by atoms with Crippen molar-refractivity contribution in [1.82, 2.24) is 9.97 Å². The molecule has 3 atom stereocenters. The van der Waals surface area contributed by atoms with E-state index in [0.717, 1.165) is 12.1 Å². The highest BCUT2D eigenvalue weighted by Crippen LogP contribution is 2.31. The van der Waals surface area contributed by atoms with E-state index in [1.54, 1.807) is 0 Å². The van der Waals surface area contributed by atoms with E-state index in [4.69, 9.17) is 0 Å². The lowest BCUT2D eigenvalue weighted by molar-refractivity contribution is -0.137. The van der Waals surface area contributed by atoms with Crippen LogP contribution in [0.3, 0.4) is 0 Å². The van der Waals surface area contributed by atoms with Gasteiger partial charge in [0.15, 0.2) is 0 Å².